The third-order valence-electron chi connectivity index (χ3n) is 12.6. The molecule has 0 bridgehead atoms. The van der Waals surface area contributed by atoms with Crippen molar-refractivity contribution < 1.29 is 50.0 Å². The maximum atomic E-state index is 11.3. The Balaban J connectivity index is -0.000000485. The number of hydrogen-bond acceptors (Lipinski definition) is 6. The first-order valence-electron chi connectivity index (χ1n) is 27.1. The Bertz CT molecular complexity index is 1290. The zero-order valence-electron chi connectivity index (χ0n) is 45.4. The number of nitrogens with zero attached hydrogens (tertiary/aromatic N) is 1. The average Bonchev–Trinajstić information content (AvgIpc) is 3.34. The summed E-state index contributed by atoms with van der Waals surface area (Å²) in [5, 5.41) is 4.22. The maximum absolute atomic E-state index is 11.3. The number of hydrogen-bond donors (Lipinski definition) is 1. The second-order valence-corrected chi connectivity index (χ2v) is 19.3. The molecule has 0 radical (unpaired) electrons. The number of halogens is 1. The first kappa shape index (κ1) is 69.7. The zero-order chi connectivity index (χ0) is 47.7. The van der Waals surface area contributed by atoms with E-state index in [9.17, 15) is 9.59 Å². The predicted molar refractivity (Wildman–Crippen MR) is 297 cm³/mol. The number of unbranched alkanes of at least 4 members (excludes halogenated alkanes) is 30. The molecule has 0 spiro atoms. The molecule has 0 amide bonds. The molecule has 0 aliphatic rings. The van der Waals surface area contributed by atoms with E-state index >= 15 is 0 Å². The first-order chi connectivity index (χ1) is 31.8. The van der Waals surface area contributed by atoms with Gasteiger partial charge in [0.1, 0.15) is 0 Å². The number of benzene rings is 2. The Kier molecular flexibility index (Phi) is 57.6. The van der Waals surface area contributed by atoms with Crippen molar-refractivity contribution in [1.82, 2.24) is 0 Å². The number of esters is 2. The van der Waals surface area contributed by atoms with Gasteiger partial charge in [-0.2, -0.15) is 0 Å². The summed E-state index contributed by atoms with van der Waals surface area (Å²) < 4.78 is 9.27. The van der Waals surface area contributed by atoms with Crippen LogP contribution in [0.15, 0.2) is 48.5 Å². The minimum atomic E-state index is -0.164. The standard InChI is InChI=1S/C29H51NO2.C18H37Br.C11H15NO2.CH4.Na.H/c1-4-5-6-7-8-9-10-11-12-13-14-15-16-17-18-19-26-30(2)28-23-20-27(21-24-28)22-25-29(31)32-3;1-2-3-4-5-6-7-8-9-10-11-12-13-14-15-16-17-18-19;1-12-10-6-3-9(4-7-10)5-8-11(13)14-2;;;/h20-21,23-24H,4-19,22,25-26H2,1-3H3;2-18H2,1H3;3-4,6-7,12H,5,8H2,1-2H3;1H4;;/q;;;;+1;-1. The van der Waals surface area contributed by atoms with Crippen molar-refractivity contribution in [3.63, 3.8) is 0 Å². The van der Waals surface area contributed by atoms with Gasteiger partial charge in [-0.05, 0) is 61.1 Å². The van der Waals surface area contributed by atoms with Crippen LogP contribution in [0.4, 0.5) is 11.4 Å². The van der Waals surface area contributed by atoms with E-state index in [-0.39, 0.29) is 50.3 Å². The van der Waals surface area contributed by atoms with Gasteiger partial charge in [0.25, 0.3) is 0 Å². The molecule has 0 heterocycles. The van der Waals surface area contributed by atoms with Crippen LogP contribution in [0.25, 0.3) is 0 Å². The van der Waals surface area contributed by atoms with Crippen LogP contribution in [-0.4, -0.2) is 52.1 Å². The molecule has 1 N–H and O–H groups in total. The zero-order valence-corrected chi connectivity index (χ0v) is 48.0. The molecule has 2 aromatic rings. The molecular formula is C59H108BrN2NaO4. The summed E-state index contributed by atoms with van der Waals surface area (Å²) in [6.07, 6.45) is 48.2. The molecule has 0 aromatic heterocycles. The Hall–Kier alpha value is -1.54. The summed E-state index contributed by atoms with van der Waals surface area (Å²) in [6.45, 7) is 5.69. The Morgan fingerprint density at radius 1 is 0.493 bits per heavy atom. The normalized spacial score (nSPS) is 10.4. The largest absolute Gasteiger partial charge is 1.00 e. The molecule has 2 rings (SSSR count). The van der Waals surface area contributed by atoms with Crippen molar-refractivity contribution in [2.45, 2.75) is 252 Å². The third-order valence-corrected chi connectivity index (χ3v) is 13.2. The van der Waals surface area contributed by atoms with Crippen LogP contribution in [0.2, 0.25) is 0 Å². The molecule has 0 fully saturated rings. The second kappa shape index (κ2) is 55.4. The quantitative estimate of drug-likeness (QED) is 0.0310. The summed E-state index contributed by atoms with van der Waals surface area (Å²) in [5.41, 5.74) is 4.67. The van der Waals surface area contributed by atoms with Crippen LogP contribution < -0.4 is 39.8 Å². The number of carbonyl (C=O) groups excluding carboxylic acids is 2. The minimum Gasteiger partial charge on any atom is -1.00 e. The molecule has 0 atom stereocenters. The number of nitrogens with one attached hydrogen (secondary N) is 1. The van der Waals surface area contributed by atoms with Gasteiger partial charge >= 0.3 is 41.5 Å². The molecule has 0 unspecified atom stereocenters. The molecule has 0 saturated heterocycles. The topological polar surface area (TPSA) is 67.9 Å². The molecule has 386 valence electrons. The fourth-order valence-electron chi connectivity index (χ4n) is 8.12. The molecule has 0 saturated carbocycles. The average molecular weight is 1010 g/mol. The molecule has 0 aliphatic heterocycles. The van der Waals surface area contributed by atoms with Gasteiger partial charge in [-0.25, -0.2) is 0 Å². The van der Waals surface area contributed by atoms with E-state index in [0.29, 0.717) is 12.8 Å². The number of rotatable bonds is 41. The van der Waals surface area contributed by atoms with Gasteiger partial charge in [0, 0.05) is 50.2 Å². The van der Waals surface area contributed by atoms with E-state index < -0.39 is 0 Å². The Morgan fingerprint density at radius 2 is 0.776 bits per heavy atom. The summed E-state index contributed by atoms with van der Waals surface area (Å²) in [7, 11) is 6.91. The second-order valence-electron chi connectivity index (χ2n) is 18.5. The molecule has 0 aliphatic carbocycles. The van der Waals surface area contributed by atoms with Gasteiger partial charge in [0.15, 0.2) is 0 Å². The van der Waals surface area contributed by atoms with Crippen LogP contribution in [-0.2, 0) is 31.9 Å². The van der Waals surface area contributed by atoms with Crippen molar-refractivity contribution in [3.05, 3.63) is 59.7 Å². The SMILES string of the molecule is C.CCCCCCCCCCCCCCCCCCBr.CCCCCCCCCCCCCCCCCCN(C)c1ccc(CCC(=O)OC)cc1.CNc1ccc(CCC(=O)OC)cc1.[H-].[Na+]. The fourth-order valence-corrected chi connectivity index (χ4v) is 8.52. The smallest absolute Gasteiger partial charge is 1.00 e. The van der Waals surface area contributed by atoms with Crippen LogP contribution in [0.3, 0.4) is 0 Å². The number of carbonyl (C=O) groups is 2. The van der Waals surface area contributed by atoms with Gasteiger partial charge in [-0.15, -0.1) is 0 Å². The van der Waals surface area contributed by atoms with Gasteiger partial charge < -0.3 is 21.1 Å². The van der Waals surface area contributed by atoms with Crippen molar-refractivity contribution in [2.24, 2.45) is 0 Å². The Labute approximate surface area is 448 Å². The maximum Gasteiger partial charge on any atom is 1.00 e. The van der Waals surface area contributed by atoms with Crippen molar-refractivity contribution in [1.29, 1.82) is 0 Å². The van der Waals surface area contributed by atoms with Gasteiger partial charge in [0.2, 0.25) is 0 Å². The monoisotopic (exact) mass is 1010 g/mol. The third kappa shape index (κ3) is 47.9. The predicted octanol–water partition coefficient (Wildman–Crippen LogP) is 15.7. The summed E-state index contributed by atoms with van der Waals surface area (Å²) >= 11 is 3.49. The van der Waals surface area contributed by atoms with Crippen molar-refractivity contribution in [3.8, 4) is 0 Å². The summed E-state index contributed by atoms with van der Waals surface area (Å²) in [6, 6.07) is 16.6. The molecule has 67 heavy (non-hydrogen) atoms. The fraction of sp³-hybridized carbons (Fsp3) is 0.763. The number of ether oxygens (including phenoxy) is 2. The van der Waals surface area contributed by atoms with Crippen LogP contribution >= 0.6 is 15.9 Å². The molecule has 8 heteroatoms. The first-order valence-corrected chi connectivity index (χ1v) is 28.2. The minimum absolute atomic E-state index is 0. The van der Waals surface area contributed by atoms with E-state index in [1.54, 1.807) is 0 Å². The molecular weight excluding hydrogens is 904 g/mol. The van der Waals surface area contributed by atoms with E-state index in [2.05, 4.69) is 76.0 Å². The van der Waals surface area contributed by atoms with Crippen molar-refractivity contribution in [2.75, 3.05) is 50.4 Å². The number of anilines is 2. The van der Waals surface area contributed by atoms with Gasteiger partial charge in [0.05, 0.1) is 14.2 Å². The van der Waals surface area contributed by atoms with E-state index in [0.717, 1.165) is 30.6 Å². The van der Waals surface area contributed by atoms with Crippen LogP contribution in [0.1, 0.15) is 252 Å². The molecule has 6 nitrogen and oxygen atoms in total. The van der Waals surface area contributed by atoms with Crippen LogP contribution in [0, 0.1) is 0 Å². The van der Waals surface area contributed by atoms with Crippen LogP contribution in [0.5, 0.6) is 0 Å². The molecule has 2 aromatic carbocycles. The summed E-state index contributed by atoms with van der Waals surface area (Å²) in [4.78, 5) is 24.5. The number of methoxy groups -OCH3 is 2. The van der Waals surface area contributed by atoms with E-state index in [1.807, 2.05) is 31.3 Å². The van der Waals surface area contributed by atoms with E-state index in [4.69, 9.17) is 4.74 Å². The Morgan fingerprint density at radius 3 is 1.06 bits per heavy atom. The van der Waals surface area contributed by atoms with E-state index in [1.165, 1.54) is 236 Å². The van der Waals surface area contributed by atoms with Gasteiger partial charge in [-0.3, -0.25) is 9.59 Å². The number of alkyl halides is 1. The van der Waals surface area contributed by atoms with Gasteiger partial charge in [-0.1, -0.05) is 254 Å². The van der Waals surface area contributed by atoms with Crippen molar-refractivity contribution >= 4 is 39.2 Å². The summed E-state index contributed by atoms with van der Waals surface area (Å²) in [5.74, 6) is -0.308. The number of aryl methyl sites for hydroxylation is 2.